The van der Waals surface area contributed by atoms with Crippen molar-refractivity contribution in [3.05, 3.63) is 28.2 Å². The van der Waals surface area contributed by atoms with Gasteiger partial charge < -0.3 is 15.1 Å². The highest BCUT2D eigenvalue weighted by Crippen LogP contribution is 2.35. The molecule has 3 aliphatic rings. The van der Waals surface area contributed by atoms with Crippen molar-refractivity contribution in [3.63, 3.8) is 0 Å². The Balaban J connectivity index is 1.46. The van der Waals surface area contributed by atoms with E-state index in [1.165, 1.54) is 0 Å². The van der Waals surface area contributed by atoms with Gasteiger partial charge in [-0.2, -0.15) is 0 Å². The monoisotopic (exact) mass is 395 g/mol. The number of amides is 2. The highest BCUT2D eigenvalue weighted by atomic mass is 35.5. The van der Waals surface area contributed by atoms with Gasteiger partial charge in [0.2, 0.25) is 11.8 Å². The number of carbonyl (C=O) groups is 2. The molecule has 0 aliphatic carbocycles. The van der Waals surface area contributed by atoms with Gasteiger partial charge in [-0.1, -0.05) is 23.2 Å². The average Bonchev–Trinajstić information content (AvgIpc) is 3.18. The molecule has 140 valence electrons. The van der Waals surface area contributed by atoms with Gasteiger partial charge >= 0.3 is 0 Å². The Morgan fingerprint density at radius 3 is 2.42 bits per heavy atom. The van der Waals surface area contributed by atoms with E-state index in [1.54, 1.807) is 23.1 Å². The fourth-order valence-corrected chi connectivity index (χ4v) is 4.89. The standard InChI is InChI=1S/C19H23Cl2N3O2/c20-14-1-2-16(21)17(9-14)24-8-5-15(19(24)26)18(25)23-6-3-12-10-22-11-13(12)4-7-23/h1-2,9,12-13,15,22H,3-8,10-11H2/t12-,13+,15?. The second-order valence-electron chi connectivity index (χ2n) is 7.51. The van der Waals surface area contributed by atoms with Crippen LogP contribution < -0.4 is 10.2 Å². The number of anilines is 1. The number of fused-ring (bicyclic) bond motifs is 1. The summed E-state index contributed by atoms with van der Waals surface area (Å²) in [5, 5.41) is 4.45. The van der Waals surface area contributed by atoms with Gasteiger partial charge in [-0.05, 0) is 62.4 Å². The maximum absolute atomic E-state index is 13.0. The molecule has 1 aromatic rings. The van der Waals surface area contributed by atoms with E-state index in [-0.39, 0.29) is 11.8 Å². The molecule has 0 radical (unpaired) electrons. The molecule has 0 bridgehead atoms. The summed E-state index contributed by atoms with van der Waals surface area (Å²) in [4.78, 5) is 29.4. The van der Waals surface area contributed by atoms with Gasteiger partial charge in [0.1, 0.15) is 5.92 Å². The number of rotatable bonds is 2. The fraction of sp³-hybridized carbons (Fsp3) is 0.579. The number of likely N-dealkylation sites (tertiary alicyclic amines) is 1. The summed E-state index contributed by atoms with van der Waals surface area (Å²) in [5.41, 5.74) is 0.593. The number of benzene rings is 1. The molecule has 3 saturated heterocycles. The predicted octanol–water partition coefficient (Wildman–Crippen LogP) is 2.80. The highest BCUT2D eigenvalue weighted by Gasteiger charge is 2.41. The first kappa shape index (κ1) is 18.1. The van der Waals surface area contributed by atoms with Gasteiger partial charge in [-0.3, -0.25) is 9.59 Å². The van der Waals surface area contributed by atoms with Crippen molar-refractivity contribution in [2.24, 2.45) is 17.8 Å². The van der Waals surface area contributed by atoms with Crippen molar-refractivity contribution in [2.45, 2.75) is 19.3 Å². The van der Waals surface area contributed by atoms with Crippen molar-refractivity contribution >= 4 is 40.7 Å². The van der Waals surface area contributed by atoms with Crippen LogP contribution in [0.1, 0.15) is 19.3 Å². The van der Waals surface area contributed by atoms with E-state index in [4.69, 9.17) is 23.2 Å². The molecule has 3 fully saturated rings. The molecule has 1 N–H and O–H groups in total. The highest BCUT2D eigenvalue weighted by molar-refractivity contribution is 6.36. The van der Waals surface area contributed by atoms with Crippen LogP contribution in [-0.2, 0) is 9.59 Å². The van der Waals surface area contributed by atoms with Gasteiger partial charge in [-0.15, -0.1) is 0 Å². The van der Waals surface area contributed by atoms with Crippen LogP contribution in [0.25, 0.3) is 0 Å². The Kier molecular flexibility index (Phi) is 5.13. The molecule has 0 saturated carbocycles. The van der Waals surface area contributed by atoms with Gasteiger partial charge in [0.05, 0.1) is 10.7 Å². The first-order valence-electron chi connectivity index (χ1n) is 9.30. The van der Waals surface area contributed by atoms with Crippen LogP contribution in [0.15, 0.2) is 18.2 Å². The average molecular weight is 396 g/mol. The Hall–Kier alpha value is -1.30. The number of nitrogens with zero attached hydrogens (tertiary/aromatic N) is 2. The van der Waals surface area contributed by atoms with Crippen molar-refractivity contribution in [1.29, 1.82) is 0 Å². The molecule has 26 heavy (non-hydrogen) atoms. The van der Waals surface area contributed by atoms with Crippen LogP contribution in [0.2, 0.25) is 10.0 Å². The molecule has 1 aromatic carbocycles. The molecular formula is C19H23Cl2N3O2. The molecule has 3 heterocycles. The third-order valence-electron chi connectivity index (χ3n) is 6.03. The van der Waals surface area contributed by atoms with Gasteiger partial charge in [-0.25, -0.2) is 0 Å². The smallest absolute Gasteiger partial charge is 0.239 e. The number of carbonyl (C=O) groups excluding carboxylic acids is 2. The SMILES string of the molecule is O=C(C1CCN(c2cc(Cl)ccc2Cl)C1=O)N1CC[C@@H]2CNC[C@@H]2CC1. The molecule has 0 spiro atoms. The van der Waals surface area contributed by atoms with E-state index in [1.807, 2.05) is 4.90 Å². The summed E-state index contributed by atoms with van der Waals surface area (Å²) in [5.74, 6) is 0.540. The third kappa shape index (κ3) is 3.32. The molecule has 1 unspecified atom stereocenters. The summed E-state index contributed by atoms with van der Waals surface area (Å²) in [7, 11) is 0. The molecule has 3 atom stereocenters. The zero-order chi connectivity index (χ0) is 18.3. The van der Waals surface area contributed by atoms with Crippen molar-refractivity contribution in [3.8, 4) is 0 Å². The number of halogens is 2. The second kappa shape index (κ2) is 7.37. The Morgan fingerprint density at radius 1 is 1.04 bits per heavy atom. The van der Waals surface area contributed by atoms with Crippen molar-refractivity contribution < 1.29 is 9.59 Å². The summed E-state index contributed by atoms with van der Waals surface area (Å²) < 4.78 is 0. The maximum Gasteiger partial charge on any atom is 0.239 e. The second-order valence-corrected chi connectivity index (χ2v) is 8.35. The molecule has 5 nitrogen and oxygen atoms in total. The summed E-state index contributed by atoms with van der Waals surface area (Å²) in [6, 6.07) is 5.07. The minimum absolute atomic E-state index is 0.0245. The zero-order valence-electron chi connectivity index (χ0n) is 14.6. The van der Waals surface area contributed by atoms with Crippen LogP contribution in [0.3, 0.4) is 0 Å². The number of hydrogen-bond acceptors (Lipinski definition) is 3. The molecule has 0 aromatic heterocycles. The number of hydrogen-bond donors (Lipinski definition) is 1. The summed E-state index contributed by atoms with van der Waals surface area (Å²) in [6.07, 6.45) is 2.58. The lowest BCUT2D eigenvalue weighted by Crippen LogP contribution is -2.41. The molecule has 4 rings (SSSR count). The predicted molar refractivity (Wildman–Crippen MR) is 103 cm³/mol. The lowest BCUT2D eigenvalue weighted by Gasteiger charge is -2.24. The first-order chi connectivity index (χ1) is 12.5. The molecule has 7 heteroatoms. The largest absolute Gasteiger partial charge is 0.342 e. The maximum atomic E-state index is 13.0. The topological polar surface area (TPSA) is 52.7 Å². The van der Waals surface area contributed by atoms with Crippen molar-refractivity contribution in [2.75, 3.05) is 37.6 Å². The van der Waals surface area contributed by atoms with Crippen LogP contribution in [0, 0.1) is 17.8 Å². The lowest BCUT2D eigenvalue weighted by molar-refractivity contribution is -0.139. The summed E-state index contributed by atoms with van der Waals surface area (Å²) >= 11 is 12.3. The van der Waals surface area contributed by atoms with E-state index in [0.29, 0.717) is 40.5 Å². The van der Waals surface area contributed by atoms with E-state index in [2.05, 4.69) is 5.32 Å². The van der Waals surface area contributed by atoms with Gasteiger partial charge in [0.15, 0.2) is 0 Å². The first-order valence-corrected chi connectivity index (χ1v) is 10.1. The normalized spacial score (nSPS) is 29.0. The third-order valence-corrected chi connectivity index (χ3v) is 6.59. The molecule has 2 amide bonds. The van der Waals surface area contributed by atoms with E-state index < -0.39 is 5.92 Å². The quantitative estimate of drug-likeness (QED) is 0.783. The number of nitrogens with one attached hydrogen (secondary N) is 1. The minimum atomic E-state index is -0.596. The summed E-state index contributed by atoms with van der Waals surface area (Å²) in [6.45, 7) is 4.11. The van der Waals surface area contributed by atoms with Crippen LogP contribution >= 0.6 is 23.2 Å². The molecular weight excluding hydrogens is 373 g/mol. The lowest BCUT2D eigenvalue weighted by atomic mass is 9.92. The van der Waals surface area contributed by atoms with Gasteiger partial charge in [0.25, 0.3) is 0 Å². The molecule has 3 aliphatic heterocycles. The van der Waals surface area contributed by atoms with E-state index in [9.17, 15) is 9.59 Å². The minimum Gasteiger partial charge on any atom is -0.342 e. The van der Waals surface area contributed by atoms with Gasteiger partial charge in [0, 0.05) is 24.7 Å². The Labute approximate surface area is 163 Å². The van der Waals surface area contributed by atoms with Crippen LogP contribution in [0.5, 0.6) is 0 Å². The van der Waals surface area contributed by atoms with Crippen LogP contribution in [-0.4, -0.2) is 49.4 Å². The Morgan fingerprint density at radius 2 is 1.73 bits per heavy atom. The Bertz CT molecular complexity index is 713. The fourth-order valence-electron chi connectivity index (χ4n) is 4.50. The van der Waals surface area contributed by atoms with Crippen LogP contribution in [0.4, 0.5) is 5.69 Å². The zero-order valence-corrected chi connectivity index (χ0v) is 16.1. The van der Waals surface area contributed by atoms with E-state index >= 15 is 0 Å². The van der Waals surface area contributed by atoms with E-state index in [0.717, 1.165) is 39.0 Å². The van der Waals surface area contributed by atoms with Crippen molar-refractivity contribution in [1.82, 2.24) is 10.2 Å².